The molecule has 2 aromatic heterocycles. The first-order valence-corrected chi connectivity index (χ1v) is 17.9. The number of benzene rings is 7. The van der Waals surface area contributed by atoms with Crippen LogP contribution in [-0.2, 0) is 0 Å². The number of allylic oxidation sites excluding steroid dienone is 1. The molecule has 1 unspecified atom stereocenters. The molecular weight excluding hydrogens is 637 g/mol. The highest BCUT2D eigenvalue weighted by Crippen LogP contribution is 2.41. The highest BCUT2D eigenvalue weighted by atomic mass is 16.3. The van der Waals surface area contributed by atoms with E-state index in [1.807, 2.05) is 31.3 Å². The second-order valence-electron chi connectivity index (χ2n) is 13.7. The zero-order chi connectivity index (χ0) is 34.8. The summed E-state index contributed by atoms with van der Waals surface area (Å²) in [6, 6.07) is 48.8. The Labute approximate surface area is 301 Å². The Morgan fingerprint density at radius 3 is 2.33 bits per heavy atom. The zero-order valence-corrected chi connectivity index (χ0v) is 28.9. The third kappa shape index (κ3) is 4.83. The lowest BCUT2D eigenvalue weighted by Gasteiger charge is -2.19. The van der Waals surface area contributed by atoms with E-state index in [2.05, 4.69) is 134 Å². The minimum absolute atomic E-state index is 0.443. The van der Waals surface area contributed by atoms with Gasteiger partial charge in [-0.1, -0.05) is 122 Å². The van der Waals surface area contributed by atoms with Crippen LogP contribution in [0.2, 0.25) is 0 Å². The SMILES string of the molecule is CN=C(N=C(c1ccccc1)c1ccc2c(c1)C(C)CC=C2)c1cccc2oc3cccc(-c4ccc5c(c4)oc4c6ccccc6ccc54)c3c12. The van der Waals surface area contributed by atoms with Gasteiger partial charge in [0.05, 0.1) is 5.71 Å². The van der Waals surface area contributed by atoms with E-state index >= 15 is 0 Å². The Morgan fingerprint density at radius 2 is 1.44 bits per heavy atom. The lowest BCUT2D eigenvalue weighted by Crippen LogP contribution is -2.11. The molecule has 0 saturated heterocycles. The minimum Gasteiger partial charge on any atom is -0.456 e. The lowest BCUT2D eigenvalue weighted by molar-refractivity contribution is 0.669. The van der Waals surface area contributed by atoms with Gasteiger partial charge in [0.2, 0.25) is 0 Å². The maximum atomic E-state index is 6.59. The first-order chi connectivity index (χ1) is 25.6. The maximum Gasteiger partial charge on any atom is 0.155 e. The van der Waals surface area contributed by atoms with E-state index in [0.717, 1.165) is 89.2 Å². The van der Waals surface area contributed by atoms with Crippen LogP contribution in [0.1, 0.15) is 47.1 Å². The van der Waals surface area contributed by atoms with Crippen LogP contribution < -0.4 is 0 Å². The van der Waals surface area contributed by atoms with Crippen LogP contribution in [0.4, 0.5) is 0 Å². The molecule has 1 atom stereocenters. The normalized spacial score (nSPS) is 15.0. The van der Waals surface area contributed by atoms with Gasteiger partial charge in [0.1, 0.15) is 22.3 Å². The van der Waals surface area contributed by atoms with Gasteiger partial charge in [0.15, 0.2) is 5.84 Å². The molecule has 0 amide bonds. The molecule has 0 N–H and O–H groups in total. The molecule has 4 heteroatoms. The van der Waals surface area contributed by atoms with E-state index in [1.165, 1.54) is 16.5 Å². The summed E-state index contributed by atoms with van der Waals surface area (Å²) in [6.07, 6.45) is 5.53. The lowest BCUT2D eigenvalue weighted by atomic mass is 9.86. The van der Waals surface area contributed by atoms with E-state index in [1.54, 1.807) is 0 Å². The molecule has 0 spiro atoms. The highest BCUT2D eigenvalue weighted by Gasteiger charge is 2.21. The monoisotopic (exact) mass is 670 g/mol. The second-order valence-corrected chi connectivity index (χ2v) is 13.7. The smallest absolute Gasteiger partial charge is 0.155 e. The minimum atomic E-state index is 0.443. The van der Waals surface area contributed by atoms with Crippen molar-refractivity contribution in [2.75, 3.05) is 7.05 Å². The summed E-state index contributed by atoms with van der Waals surface area (Å²) in [5.74, 6) is 1.09. The quantitative estimate of drug-likeness (QED) is 0.138. The second kappa shape index (κ2) is 12.1. The molecule has 4 nitrogen and oxygen atoms in total. The van der Waals surface area contributed by atoms with Gasteiger partial charge < -0.3 is 8.83 Å². The summed E-state index contributed by atoms with van der Waals surface area (Å²) in [4.78, 5) is 10.2. The molecule has 2 heterocycles. The number of furan rings is 2. The van der Waals surface area contributed by atoms with Crippen molar-refractivity contribution in [2.45, 2.75) is 19.3 Å². The molecule has 0 radical (unpaired) electrons. The van der Waals surface area contributed by atoms with Gasteiger partial charge in [-0.15, -0.1) is 0 Å². The largest absolute Gasteiger partial charge is 0.456 e. The summed E-state index contributed by atoms with van der Waals surface area (Å²) in [7, 11) is 1.82. The molecule has 9 aromatic rings. The summed E-state index contributed by atoms with van der Waals surface area (Å²) in [5.41, 5.74) is 12.1. The molecule has 10 rings (SSSR count). The molecule has 7 aromatic carbocycles. The van der Waals surface area contributed by atoms with E-state index in [-0.39, 0.29) is 0 Å². The third-order valence-electron chi connectivity index (χ3n) is 10.6. The number of rotatable bonds is 4. The van der Waals surface area contributed by atoms with Crippen molar-refractivity contribution in [3.05, 3.63) is 173 Å². The molecule has 248 valence electrons. The van der Waals surface area contributed by atoms with Crippen LogP contribution in [0.3, 0.4) is 0 Å². The van der Waals surface area contributed by atoms with Crippen LogP contribution in [0.15, 0.2) is 164 Å². The van der Waals surface area contributed by atoms with Crippen molar-refractivity contribution < 1.29 is 8.83 Å². The van der Waals surface area contributed by atoms with Crippen molar-refractivity contribution in [1.29, 1.82) is 0 Å². The van der Waals surface area contributed by atoms with Gasteiger partial charge in [0.25, 0.3) is 0 Å². The molecule has 0 saturated carbocycles. The molecular formula is C48H34N2O2. The molecule has 1 aliphatic rings. The third-order valence-corrected chi connectivity index (χ3v) is 10.6. The van der Waals surface area contributed by atoms with Gasteiger partial charge in [-0.25, -0.2) is 4.99 Å². The van der Waals surface area contributed by atoms with Crippen LogP contribution in [0.5, 0.6) is 0 Å². The number of hydrogen-bond donors (Lipinski definition) is 0. The first kappa shape index (κ1) is 30.3. The average molecular weight is 671 g/mol. The number of aliphatic imine (C=N–C) groups is 2. The molecule has 0 aliphatic heterocycles. The molecule has 0 fully saturated rings. The summed E-state index contributed by atoms with van der Waals surface area (Å²) >= 11 is 0. The Morgan fingerprint density at radius 1 is 0.635 bits per heavy atom. The standard InChI is InChI=1S/C48H34N2O2/c1-29-11-8-15-31-21-22-34(27-40(29)31)46(32-13-4-3-5-14-32)50-48(49-2)39-18-10-20-42-45(39)44-35(17-9-19-41(44)51-42)33-24-25-37-38-26-23-30-12-6-7-16-36(30)47(38)52-43(37)28-33/h3-10,12-29H,11H2,1-2H3. The summed E-state index contributed by atoms with van der Waals surface area (Å²) in [6.45, 7) is 2.29. The predicted octanol–water partition coefficient (Wildman–Crippen LogP) is 12.7. The average Bonchev–Trinajstić information content (AvgIpc) is 3.77. The Kier molecular flexibility index (Phi) is 7.03. The van der Waals surface area contributed by atoms with Crippen molar-refractivity contribution in [3.8, 4) is 11.1 Å². The van der Waals surface area contributed by atoms with E-state index < -0.39 is 0 Å². The fourth-order valence-electron chi connectivity index (χ4n) is 8.02. The first-order valence-electron chi connectivity index (χ1n) is 17.9. The van der Waals surface area contributed by atoms with Gasteiger partial charge in [-0.3, -0.25) is 4.99 Å². The van der Waals surface area contributed by atoms with Crippen LogP contribution in [-0.4, -0.2) is 18.6 Å². The topological polar surface area (TPSA) is 51.0 Å². The summed E-state index contributed by atoms with van der Waals surface area (Å²) in [5, 5.41) is 6.53. The van der Waals surface area contributed by atoms with Gasteiger partial charge in [-0.2, -0.15) is 0 Å². The van der Waals surface area contributed by atoms with Crippen LogP contribution in [0, 0.1) is 0 Å². The number of hydrogen-bond acceptors (Lipinski definition) is 3. The van der Waals surface area contributed by atoms with Gasteiger partial charge >= 0.3 is 0 Å². The number of nitrogens with zero attached hydrogens (tertiary/aromatic N) is 2. The Bertz CT molecular complexity index is 2960. The fraction of sp³-hybridized carbons (Fsp3) is 0.0833. The fourth-order valence-corrected chi connectivity index (χ4v) is 8.02. The number of fused-ring (bicyclic) bond motifs is 9. The van der Waals surface area contributed by atoms with E-state index in [0.29, 0.717) is 11.8 Å². The Balaban J connectivity index is 1.16. The molecule has 52 heavy (non-hydrogen) atoms. The van der Waals surface area contributed by atoms with Gasteiger partial charge in [-0.05, 0) is 76.4 Å². The van der Waals surface area contributed by atoms with E-state index in [4.69, 9.17) is 18.8 Å². The highest BCUT2D eigenvalue weighted by molar-refractivity contribution is 6.26. The van der Waals surface area contributed by atoms with Crippen molar-refractivity contribution >= 4 is 72.3 Å². The zero-order valence-electron chi connectivity index (χ0n) is 28.9. The Hall–Kier alpha value is -6.52. The molecule has 0 bridgehead atoms. The van der Waals surface area contributed by atoms with Crippen molar-refractivity contribution in [2.24, 2.45) is 9.98 Å². The summed E-state index contributed by atoms with van der Waals surface area (Å²) < 4.78 is 13.1. The van der Waals surface area contributed by atoms with Crippen LogP contribution >= 0.6 is 0 Å². The van der Waals surface area contributed by atoms with E-state index in [9.17, 15) is 0 Å². The van der Waals surface area contributed by atoms with Crippen LogP contribution in [0.25, 0.3) is 71.9 Å². The van der Waals surface area contributed by atoms with Gasteiger partial charge in [0, 0.05) is 50.7 Å². The van der Waals surface area contributed by atoms with Crippen molar-refractivity contribution in [1.82, 2.24) is 0 Å². The van der Waals surface area contributed by atoms with Crippen molar-refractivity contribution in [3.63, 3.8) is 0 Å². The predicted molar refractivity (Wildman–Crippen MR) is 217 cm³/mol. The number of amidine groups is 1. The maximum absolute atomic E-state index is 6.59. The molecule has 1 aliphatic carbocycles.